The summed E-state index contributed by atoms with van der Waals surface area (Å²) in [5.74, 6) is -0.434. The molecule has 0 heterocycles. The lowest BCUT2D eigenvalue weighted by Gasteiger charge is -2.46. The van der Waals surface area contributed by atoms with E-state index >= 15 is 0 Å². The van der Waals surface area contributed by atoms with Crippen LogP contribution >= 0.6 is 0 Å². The minimum absolute atomic E-state index is 0.113. The highest BCUT2D eigenvalue weighted by molar-refractivity contribution is 6.03. The summed E-state index contributed by atoms with van der Waals surface area (Å²) in [5.41, 5.74) is -0.147. The molecule has 2 aliphatic rings. The van der Waals surface area contributed by atoms with Crippen molar-refractivity contribution in [3.63, 3.8) is 0 Å². The predicted molar refractivity (Wildman–Crippen MR) is 64.4 cm³/mol. The van der Waals surface area contributed by atoms with Gasteiger partial charge in [-0.3, -0.25) is 9.59 Å². The minimum atomic E-state index is -0.521. The number of carbonyl (C=O) groups is 2. The topological polar surface area (TPSA) is 43.4 Å². The third kappa shape index (κ3) is 1.71. The molecule has 0 radical (unpaired) electrons. The van der Waals surface area contributed by atoms with Crippen LogP contribution in [-0.4, -0.2) is 18.9 Å². The summed E-state index contributed by atoms with van der Waals surface area (Å²) >= 11 is 0. The lowest BCUT2D eigenvalue weighted by molar-refractivity contribution is -0.149. The first-order valence-electron chi connectivity index (χ1n) is 6.45. The van der Waals surface area contributed by atoms with Crippen LogP contribution < -0.4 is 0 Å². The Morgan fingerprint density at radius 2 is 1.94 bits per heavy atom. The molecule has 0 aliphatic heterocycles. The Labute approximate surface area is 103 Å². The van der Waals surface area contributed by atoms with Gasteiger partial charge < -0.3 is 4.74 Å². The largest absolute Gasteiger partial charge is 0.468 e. The lowest BCUT2D eigenvalue weighted by atomic mass is 9.58. The van der Waals surface area contributed by atoms with Crippen LogP contribution in [0.2, 0.25) is 0 Å². The molecule has 0 aromatic rings. The van der Waals surface area contributed by atoms with Gasteiger partial charge in [0.25, 0.3) is 0 Å². The van der Waals surface area contributed by atoms with E-state index in [1.165, 1.54) is 7.11 Å². The number of hydrogen-bond acceptors (Lipinski definition) is 3. The molecular formula is C14H22O3. The number of carbonyl (C=O) groups excluding carboxylic acids is 2. The van der Waals surface area contributed by atoms with Gasteiger partial charge >= 0.3 is 5.97 Å². The van der Waals surface area contributed by atoms with Crippen LogP contribution in [-0.2, 0) is 14.3 Å². The number of ketones is 1. The maximum Gasteiger partial charge on any atom is 0.316 e. The molecule has 2 rings (SSSR count). The highest BCUT2D eigenvalue weighted by atomic mass is 16.5. The van der Waals surface area contributed by atoms with Crippen LogP contribution in [0.3, 0.4) is 0 Å². The molecule has 0 aromatic heterocycles. The van der Waals surface area contributed by atoms with Gasteiger partial charge in [0, 0.05) is 5.41 Å². The summed E-state index contributed by atoms with van der Waals surface area (Å²) in [7, 11) is 1.37. The van der Waals surface area contributed by atoms with Crippen molar-refractivity contribution in [2.45, 2.75) is 46.5 Å². The molecule has 3 atom stereocenters. The molecule has 0 N–H and O–H groups in total. The zero-order valence-corrected chi connectivity index (χ0v) is 11.2. The van der Waals surface area contributed by atoms with Crippen LogP contribution in [0.4, 0.5) is 0 Å². The Morgan fingerprint density at radius 1 is 1.29 bits per heavy atom. The number of ether oxygens (including phenoxy) is 1. The van der Waals surface area contributed by atoms with Gasteiger partial charge in [0.15, 0.2) is 5.78 Å². The highest BCUT2D eigenvalue weighted by Crippen LogP contribution is 2.59. The number of methoxy groups -OCH3 is 1. The van der Waals surface area contributed by atoms with Crippen molar-refractivity contribution in [2.24, 2.45) is 22.7 Å². The summed E-state index contributed by atoms with van der Waals surface area (Å²) in [4.78, 5) is 24.1. The fourth-order valence-corrected chi connectivity index (χ4v) is 4.08. The average Bonchev–Trinajstić information content (AvgIpc) is 2.52. The van der Waals surface area contributed by atoms with E-state index in [1.807, 2.05) is 6.92 Å². The van der Waals surface area contributed by atoms with E-state index in [1.54, 1.807) is 0 Å². The molecule has 3 nitrogen and oxygen atoms in total. The van der Waals surface area contributed by atoms with E-state index in [2.05, 4.69) is 13.8 Å². The molecule has 0 amide bonds. The monoisotopic (exact) mass is 238 g/mol. The second-order valence-electron chi connectivity index (χ2n) is 6.49. The van der Waals surface area contributed by atoms with Gasteiger partial charge in [0.1, 0.15) is 5.92 Å². The maximum absolute atomic E-state index is 12.4. The molecule has 3 heteroatoms. The van der Waals surface area contributed by atoms with E-state index in [4.69, 9.17) is 4.74 Å². The Balaban J connectivity index is 2.33. The van der Waals surface area contributed by atoms with Crippen molar-refractivity contribution in [3.8, 4) is 0 Å². The number of fused-ring (bicyclic) bond motifs is 1. The van der Waals surface area contributed by atoms with Gasteiger partial charge in [0.2, 0.25) is 0 Å². The average molecular weight is 238 g/mol. The smallest absolute Gasteiger partial charge is 0.316 e. The van der Waals surface area contributed by atoms with Gasteiger partial charge in [0.05, 0.1) is 7.11 Å². The van der Waals surface area contributed by atoms with Crippen LogP contribution in [0.15, 0.2) is 0 Å². The molecule has 2 aliphatic carbocycles. The van der Waals surface area contributed by atoms with E-state index in [9.17, 15) is 9.59 Å². The highest BCUT2D eigenvalue weighted by Gasteiger charge is 2.59. The number of esters is 1. The van der Waals surface area contributed by atoms with Crippen molar-refractivity contribution in [3.05, 3.63) is 0 Å². The summed E-state index contributed by atoms with van der Waals surface area (Å²) in [6.07, 6.45) is 3.83. The number of rotatable bonds is 1. The first-order valence-corrected chi connectivity index (χ1v) is 6.45. The second kappa shape index (κ2) is 3.82. The van der Waals surface area contributed by atoms with Crippen LogP contribution in [0.5, 0.6) is 0 Å². The standard InChI is InChI=1S/C14H22O3/c1-13(2)6-5-7-14(3)10(13)8-9(11(14)15)12(16)17-4/h9-10H,5-8H2,1-4H3/t9?,10-,14+/m0/s1. The van der Waals surface area contributed by atoms with Crippen LogP contribution in [0.25, 0.3) is 0 Å². The zero-order chi connectivity index (χ0) is 12.8. The Bertz CT molecular complexity index is 358. The first-order chi connectivity index (χ1) is 7.83. The van der Waals surface area contributed by atoms with Crippen molar-refractivity contribution < 1.29 is 14.3 Å². The van der Waals surface area contributed by atoms with Gasteiger partial charge in [-0.05, 0) is 30.6 Å². The third-order valence-corrected chi connectivity index (χ3v) is 5.07. The first kappa shape index (κ1) is 12.6. The second-order valence-corrected chi connectivity index (χ2v) is 6.49. The molecule has 2 saturated carbocycles. The summed E-state index contributed by atoms with van der Waals surface area (Å²) in [6.45, 7) is 6.49. The lowest BCUT2D eigenvalue weighted by Crippen LogP contribution is -2.42. The normalized spacial score (nSPS) is 39.9. The molecular weight excluding hydrogens is 216 g/mol. The predicted octanol–water partition coefficient (Wildman–Crippen LogP) is 2.58. The molecule has 0 saturated heterocycles. The van der Waals surface area contributed by atoms with Gasteiger partial charge in [-0.25, -0.2) is 0 Å². The van der Waals surface area contributed by atoms with Crippen molar-refractivity contribution >= 4 is 11.8 Å². The molecule has 96 valence electrons. The number of hydrogen-bond donors (Lipinski definition) is 0. The third-order valence-electron chi connectivity index (χ3n) is 5.07. The summed E-state index contributed by atoms with van der Waals surface area (Å²) < 4.78 is 4.76. The minimum Gasteiger partial charge on any atom is -0.468 e. The van der Waals surface area contributed by atoms with Gasteiger partial charge in [-0.2, -0.15) is 0 Å². The fourth-order valence-electron chi connectivity index (χ4n) is 4.08. The van der Waals surface area contributed by atoms with E-state index in [0.29, 0.717) is 12.3 Å². The SMILES string of the molecule is COC(=O)C1C[C@H]2C(C)(C)CCC[C@@]2(C)C1=O. The molecule has 1 unspecified atom stereocenters. The molecule has 0 aromatic carbocycles. The van der Waals surface area contributed by atoms with Gasteiger partial charge in [-0.15, -0.1) is 0 Å². The Kier molecular flexibility index (Phi) is 2.83. The molecule has 17 heavy (non-hydrogen) atoms. The number of Topliss-reactive ketones (excluding diaryl/α,β-unsaturated/α-hetero) is 1. The van der Waals surface area contributed by atoms with Gasteiger partial charge in [-0.1, -0.05) is 27.2 Å². The quantitative estimate of drug-likeness (QED) is 0.521. The van der Waals surface area contributed by atoms with Crippen molar-refractivity contribution in [2.75, 3.05) is 7.11 Å². The van der Waals surface area contributed by atoms with E-state index < -0.39 is 5.92 Å². The van der Waals surface area contributed by atoms with E-state index in [0.717, 1.165) is 19.3 Å². The molecule has 0 bridgehead atoms. The summed E-state index contributed by atoms with van der Waals surface area (Å²) in [6, 6.07) is 0. The fraction of sp³-hybridized carbons (Fsp3) is 0.857. The maximum atomic E-state index is 12.4. The van der Waals surface area contributed by atoms with Crippen molar-refractivity contribution in [1.29, 1.82) is 0 Å². The summed E-state index contributed by atoms with van der Waals surface area (Å²) in [5, 5.41) is 0. The van der Waals surface area contributed by atoms with Crippen molar-refractivity contribution in [1.82, 2.24) is 0 Å². The Morgan fingerprint density at radius 3 is 2.47 bits per heavy atom. The Hall–Kier alpha value is -0.860. The van der Waals surface area contributed by atoms with Crippen LogP contribution in [0, 0.1) is 22.7 Å². The zero-order valence-electron chi connectivity index (χ0n) is 11.2. The molecule has 0 spiro atoms. The van der Waals surface area contributed by atoms with Crippen LogP contribution in [0.1, 0.15) is 46.5 Å². The molecule has 2 fully saturated rings. The van der Waals surface area contributed by atoms with E-state index in [-0.39, 0.29) is 22.6 Å².